The molecule has 0 heterocycles. The fourth-order valence-electron chi connectivity index (χ4n) is 1.76. The van der Waals surface area contributed by atoms with E-state index in [1.54, 1.807) is 12.1 Å². The van der Waals surface area contributed by atoms with Crippen LogP contribution in [-0.4, -0.2) is 26.7 Å². The number of nitrogens with two attached hydrogens (primary N) is 1. The van der Waals surface area contributed by atoms with E-state index in [0.29, 0.717) is 18.5 Å². The first kappa shape index (κ1) is 15.9. The van der Waals surface area contributed by atoms with E-state index in [1.807, 2.05) is 13.8 Å². The highest BCUT2D eigenvalue weighted by atomic mass is 32.2. The minimum atomic E-state index is -3.56. The van der Waals surface area contributed by atoms with Crippen LogP contribution in [0.25, 0.3) is 0 Å². The van der Waals surface area contributed by atoms with Crippen LogP contribution in [0, 0.1) is 5.41 Å². The lowest BCUT2D eigenvalue weighted by Crippen LogP contribution is -2.39. The maximum absolute atomic E-state index is 12.1. The van der Waals surface area contributed by atoms with E-state index in [0.717, 1.165) is 0 Å². The quantitative estimate of drug-likeness (QED) is 0.660. The summed E-state index contributed by atoms with van der Waals surface area (Å²) in [5, 5.41) is 9.43. The van der Waals surface area contributed by atoms with Crippen LogP contribution in [0.1, 0.15) is 26.7 Å². The van der Waals surface area contributed by atoms with Gasteiger partial charge in [0.1, 0.15) is 0 Å². The standard InChI is InChI=1S/C13H22N2O3S/c1-3-13(4-2,10-16)9-15-19(17,18)12-7-5-11(14)6-8-12/h5-8,15-16H,3-4,9-10,14H2,1-2H3. The molecule has 5 nitrogen and oxygen atoms in total. The topological polar surface area (TPSA) is 92.4 Å². The van der Waals surface area contributed by atoms with Gasteiger partial charge in [0.2, 0.25) is 10.0 Å². The zero-order valence-corrected chi connectivity index (χ0v) is 12.2. The second-order valence-corrected chi connectivity index (χ2v) is 6.53. The molecule has 0 unspecified atom stereocenters. The summed E-state index contributed by atoms with van der Waals surface area (Å²) in [5.74, 6) is 0. The molecule has 0 saturated heterocycles. The van der Waals surface area contributed by atoms with Gasteiger partial charge in [0.25, 0.3) is 0 Å². The third-order valence-electron chi connectivity index (χ3n) is 3.66. The molecule has 0 radical (unpaired) electrons. The van der Waals surface area contributed by atoms with Crippen LogP contribution in [0.2, 0.25) is 0 Å². The van der Waals surface area contributed by atoms with Crippen LogP contribution < -0.4 is 10.5 Å². The van der Waals surface area contributed by atoms with Gasteiger partial charge in [-0.2, -0.15) is 0 Å². The normalized spacial score (nSPS) is 12.6. The van der Waals surface area contributed by atoms with Crippen LogP contribution in [0.3, 0.4) is 0 Å². The Bertz CT molecular complexity index is 485. The fourth-order valence-corrected chi connectivity index (χ4v) is 2.92. The summed E-state index contributed by atoms with van der Waals surface area (Å²) in [6.45, 7) is 4.07. The van der Waals surface area contributed by atoms with Gasteiger partial charge in [0.05, 0.1) is 4.90 Å². The first-order chi connectivity index (χ1) is 8.89. The second kappa shape index (κ2) is 6.36. The third kappa shape index (κ3) is 3.92. The van der Waals surface area contributed by atoms with E-state index < -0.39 is 15.4 Å². The van der Waals surface area contributed by atoms with E-state index in [-0.39, 0.29) is 18.0 Å². The van der Waals surface area contributed by atoms with Crippen LogP contribution in [0.5, 0.6) is 0 Å². The average Bonchev–Trinajstić information content (AvgIpc) is 2.41. The van der Waals surface area contributed by atoms with Gasteiger partial charge in [-0.15, -0.1) is 0 Å². The number of hydrogen-bond acceptors (Lipinski definition) is 4. The van der Waals surface area contributed by atoms with E-state index in [9.17, 15) is 13.5 Å². The van der Waals surface area contributed by atoms with Gasteiger partial charge in [-0.25, -0.2) is 13.1 Å². The number of aliphatic hydroxyl groups excluding tert-OH is 1. The number of anilines is 1. The van der Waals surface area contributed by atoms with E-state index in [4.69, 9.17) is 5.73 Å². The molecule has 0 amide bonds. The molecular weight excluding hydrogens is 264 g/mol. The number of rotatable bonds is 7. The van der Waals surface area contributed by atoms with Gasteiger partial charge >= 0.3 is 0 Å². The molecule has 1 rings (SSSR count). The zero-order valence-electron chi connectivity index (χ0n) is 11.4. The smallest absolute Gasteiger partial charge is 0.240 e. The highest BCUT2D eigenvalue weighted by Gasteiger charge is 2.27. The predicted molar refractivity (Wildman–Crippen MR) is 76.1 cm³/mol. The van der Waals surface area contributed by atoms with Crippen molar-refractivity contribution in [1.82, 2.24) is 4.72 Å². The van der Waals surface area contributed by atoms with Gasteiger partial charge in [0, 0.05) is 24.3 Å². The number of sulfonamides is 1. The Kier molecular flexibility index (Phi) is 5.34. The van der Waals surface area contributed by atoms with Crippen molar-refractivity contribution in [3.63, 3.8) is 0 Å². The summed E-state index contributed by atoms with van der Waals surface area (Å²) in [6, 6.07) is 6.04. The van der Waals surface area contributed by atoms with Gasteiger partial charge in [-0.1, -0.05) is 13.8 Å². The number of hydrogen-bond donors (Lipinski definition) is 3. The Morgan fingerprint density at radius 3 is 2.16 bits per heavy atom. The highest BCUT2D eigenvalue weighted by Crippen LogP contribution is 2.25. The summed E-state index contributed by atoms with van der Waals surface area (Å²) >= 11 is 0. The molecule has 4 N–H and O–H groups in total. The lowest BCUT2D eigenvalue weighted by Gasteiger charge is -2.29. The minimum absolute atomic E-state index is 0.0374. The van der Waals surface area contributed by atoms with Gasteiger partial charge in [-0.3, -0.25) is 0 Å². The summed E-state index contributed by atoms with van der Waals surface area (Å²) in [4.78, 5) is 0.181. The molecule has 108 valence electrons. The molecule has 0 aliphatic heterocycles. The first-order valence-corrected chi connectivity index (χ1v) is 7.83. The number of nitrogen functional groups attached to an aromatic ring is 1. The molecule has 0 saturated carbocycles. The maximum Gasteiger partial charge on any atom is 0.240 e. The molecule has 0 spiro atoms. The summed E-state index contributed by atoms with van der Waals surface area (Å²) in [7, 11) is -3.56. The van der Waals surface area contributed by atoms with Gasteiger partial charge in [-0.05, 0) is 37.1 Å². The van der Waals surface area contributed by atoms with Crippen molar-refractivity contribution in [2.24, 2.45) is 5.41 Å². The molecule has 0 aliphatic rings. The van der Waals surface area contributed by atoms with Crippen molar-refractivity contribution in [1.29, 1.82) is 0 Å². The van der Waals surface area contributed by atoms with E-state index >= 15 is 0 Å². The van der Waals surface area contributed by atoms with Crippen molar-refractivity contribution in [2.75, 3.05) is 18.9 Å². The van der Waals surface area contributed by atoms with Crippen LogP contribution >= 0.6 is 0 Å². The molecule has 0 bridgehead atoms. The summed E-state index contributed by atoms with van der Waals surface area (Å²) in [6.07, 6.45) is 1.43. The van der Waals surface area contributed by atoms with Crippen molar-refractivity contribution < 1.29 is 13.5 Å². The largest absolute Gasteiger partial charge is 0.399 e. The Morgan fingerprint density at radius 2 is 1.74 bits per heavy atom. The van der Waals surface area contributed by atoms with Gasteiger partial charge in [0.15, 0.2) is 0 Å². The van der Waals surface area contributed by atoms with E-state index in [1.165, 1.54) is 12.1 Å². The second-order valence-electron chi connectivity index (χ2n) is 4.76. The zero-order chi connectivity index (χ0) is 14.5. The average molecular weight is 286 g/mol. The van der Waals surface area contributed by atoms with Crippen molar-refractivity contribution in [3.05, 3.63) is 24.3 Å². The minimum Gasteiger partial charge on any atom is -0.399 e. The molecule has 6 heteroatoms. The molecule has 0 fully saturated rings. The first-order valence-electron chi connectivity index (χ1n) is 6.35. The van der Waals surface area contributed by atoms with Crippen LogP contribution in [-0.2, 0) is 10.0 Å². The fraction of sp³-hybridized carbons (Fsp3) is 0.538. The number of aliphatic hydroxyl groups is 1. The number of benzene rings is 1. The highest BCUT2D eigenvalue weighted by molar-refractivity contribution is 7.89. The third-order valence-corrected chi connectivity index (χ3v) is 5.08. The summed E-state index contributed by atoms with van der Waals surface area (Å²) < 4.78 is 26.8. The Balaban J connectivity index is 2.83. The van der Waals surface area contributed by atoms with Crippen molar-refractivity contribution in [2.45, 2.75) is 31.6 Å². The monoisotopic (exact) mass is 286 g/mol. The Morgan fingerprint density at radius 1 is 1.21 bits per heavy atom. The molecule has 19 heavy (non-hydrogen) atoms. The lowest BCUT2D eigenvalue weighted by molar-refractivity contribution is 0.119. The predicted octanol–water partition coefficient (Wildman–Crippen LogP) is 1.35. The van der Waals surface area contributed by atoms with Gasteiger partial charge < -0.3 is 10.8 Å². The van der Waals surface area contributed by atoms with Crippen molar-refractivity contribution >= 4 is 15.7 Å². The summed E-state index contributed by atoms with van der Waals surface area (Å²) in [5.41, 5.74) is 5.65. The molecule has 0 atom stereocenters. The molecule has 0 aliphatic carbocycles. The molecular formula is C13H22N2O3S. The lowest BCUT2D eigenvalue weighted by atomic mass is 9.84. The molecule has 1 aromatic carbocycles. The Labute approximate surface area is 114 Å². The molecule has 1 aromatic rings. The van der Waals surface area contributed by atoms with Crippen LogP contribution in [0.15, 0.2) is 29.2 Å². The molecule has 0 aromatic heterocycles. The van der Waals surface area contributed by atoms with Crippen molar-refractivity contribution in [3.8, 4) is 0 Å². The maximum atomic E-state index is 12.1. The SMILES string of the molecule is CCC(CC)(CO)CNS(=O)(=O)c1ccc(N)cc1. The van der Waals surface area contributed by atoms with E-state index in [2.05, 4.69) is 4.72 Å². The Hall–Kier alpha value is -1.11. The number of nitrogens with one attached hydrogen (secondary N) is 1. The van der Waals surface area contributed by atoms with Crippen LogP contribution in [0.4, 0.5) is 5.69 Å².